The summed E-state index contributed by atoms with van der Waals surface area (Å²) in [6.07, 6.45) is 1.79. The maximum Gasteiger partial charge on any atom is 0.135 e. The van der Waals surface area contributed by atoms with E-state index in [1.807, 2.05) is 4.68 Å². The van der Waals surface area contributed by atoms with E-state index < -0.39 is 0 Å². The van der Waals surface area contributed by atoms with Crippen LogP contribution < -0.4 is 5.73 Å². The van der Waals surface area contributed by atoms with Gasteiger partial charge in [0.1, 0.15) is 5.82 Å². The predicted molar refractivity (Wildman–Crippen MR) is 74.4 cm³/mol. The van der Waals surface area contributed by atoms with Crippen LogP contribution in [0.5, 0.6) is 0 Å². The lowest BCUT2D eigenvalue weighted by Crippen LogP contribution is -2.07. The fourth-order valence-electron chi connectivity index (χ4n) is 1.68. The number of nitrogens with zero attached hydrogens (tertiary/aromatic N) is 2. The SMILES string of the molecule is Cc1ccc(Cn2ncc(I)c2N)c(C)c1. The van der Waals surface area contributed by atoms with Crippen LogP contribution in [0.2, 0.25) is 0 Å². The van der Waals surface area contributed by atoms with E-state index in [1.165, 1.54) is 16.7 Å². The van der Waals surface area contributed by atoms with Crippen molar-refractivity contribution in [2.45, 2.75) is 20.4 Å². The number of halogens is 1. The van der Waals surface area contributed by atoms with Crippen molar-refractivity contribution in [3.8, 4) is 0 Å². The minimum absolute atomic E-state index is 0.737. The third kappa shape index (κ3) is 2.21. The largest absolute Gasteiger partial charge is 0.383 e. The highest BCUT2D eigenvalue weighted by Gasteiger charge is 2.06. The van der Waals surface area contributed by atoms with E-state index in [9.17, 15) is 0 Å². The van der Waals surface area contributed by atoms with Gasteiger partial charge in [-0.1, -0.05) is 23.8 Å². The van der Waals surface area contributed by atoms with Crippen molar-refractivity contribution in [2.24, 2.45) is 0 Å². The van der Waals surface area contributed by atoms with Gasteiger partial charge in [-0.05, 0) is 47.6 Å². The molecule has 2 N–H and O–H groups in total. The predicted octanol–water partition coefficient (Wildman–Crippen LogP) is 2.74. The second kappa shape index (κ2) is 4.45. The van der Waals surface area contributed by atoms with E-state index in [-0.39, 0.29) is 0 Å². The lowest BCUT2D eigenvalue weighted by atomic mass is 10.1. The summed E-state index contributed by atoms with van der Waals surface area (Å²) < 4.78 is 2.83. The van der Waals surface area contributed by atoms with E-state index in [0.717, 1.165) is 15.9 Å². The smallest absolute Gasteiger partial charge is 0.135 e. The number of anilines is 1. The first-order valence-electron chi connectivity index (χ1n) is 5.11. The average molecular weight is 327 g/mol. The molecule has 0 aliphatic carbocycles. The Hall–Kier alpha value is -1.04. The Kier molecular flexibility index (Phi) is 3.18. The molecule has 1 heterocycles. The molecule has 16 heavy (non-hydrogen) atoms. The number of hydrogen-bond donors (Lipinski definition) is 1. The van der Waals surface area contributed by atoms with Crippen LogP contribution in [0.25, 0.3) is 0 Å². The van der Waals surface area contributed by atoms with Gasteiger partial charge in [0.05, 0.1) is 16.3 Å². The zero-order valence-corrected chi connectivity index (χ0v) is 11.5. The molecular formula is C12H14IN3. The molecule has 0 spiro atoms. The van der Waals surface area contributed by atoms with Gasteiger partial charge in [-0.15, -0.1) is 0 Å². The number of rotatable bonds is 2. The molecule has 3 nitrogen and oxygen atoms in total. The normalized spacial score (nSPS) is 10.7. The van der Waals surface area contributed by atoms with Crippen molar-refractivity contribution < 1.29 is 0 Å². The first kappa shape index (κ1) is 11.4. The standard InChI is InChI=1S/C12H14IN3/c1-8-3-4-10(9(2)5-8)7-16-12(14)11(13)6-15-16/h3-6H,7,14H2,1-2H3. The van der Waals surface area contributed by atoms with E-state index in [1.54, 1.807) is 6.20 Å². The molecule has 0 saturated carbocycles. The van der Waals surface area contributed by atoms with Gasteiger partial charge in [-0.3, -0.25) is 0 Å². The van der Waals surface area contributed by atoms with Gasteiger partial charge in [-0.25, -0.2) is 4.68 Å². The molecule has 0 atom stereocenters. The number of nitrogen functional groups attached to an aromatic ring is 1. The molecule has 0 amide bonds. The third-order valence-electron chi connectivity index (χ3n) is 2.65. The van der Waals surface area contributed by atoms with Gasteiger partial charge in [0.2, 0.25) is 0 Å². The summed E-state index contributed by atoms with van der Waals surface area (Å²) in [5, 5.41) is 4.26. The lowest BCUT2D eigenvalue weighted by Gasteiger charge is -2.08. The maximum atomic E-state index is 5.92. The zero-order chi connectivity index (χ0) is 11.7. The van der Waals surface area contributed by atoms with Crippen LogP contribution >= 0.6 is 22.6 Å². The van der Waals surface area contributed by atoms with Crippen LogP contribution in [0.3, 0.4) is 0 Å². The summed E-state index contributed by atoms with van der Waals surface area (Å²) >= 11 is 2.19. The molecule has 1 aromatic carbocycles. The number of aromatic nitrogens is 2. The minimum atomic E-state index is 0.737. The topological polar surface area (TPSA) is 43.8 Å². The van der Waals surface area contributed by atoms with Crippen molar-refractivity contribution in [1.29, 1.82) is 0 Å². The van der Waals surface area contributed by atoms with Crippen LogP contribution in [0.15, 0.2) is 24.4 Å². The summed E-state index contributed by atoms with van der Waals surface area (Å²) in [5.41, 5.74) is 9.75. The maximum absolute atomic E-state index is 5.92. The van der Waals surface area contributed by atoms with Crippen molar-refractivity contribution in [1.82, 2.24) is 9.78 Å². The van der Waals surface area contributed by atoms with E-state index in [0.29, 0.717) is 0 Å². The van der Waals surface area contributed by atoms with Crippen LogP contribution in [-0.4, -0.2) is 9.78 Å². The molecule has 0 saturated heterocycles. The molecular weight excluding hydrogens is 313 g/mol. The highest BCUT2D eigenvalue weighted by atomic mass is 127. The number of hydrogen-bond acceptors (Lipinski definition) is 2. The molecule has 0 aliphatic rings. The Morgan fingerprint density at radius 2 is 2.12 bits per heavy atom. The van der Waals surface area contributed by atoms with Crippen LogP contribution in [0.1, 0.15) is 16.7 Å². The van der Waals surface area contributed by atoms with Crippen LogP contribution in [0, 0.1) is 17.4 Å². The van der Waals surface area contributed by atoms with Crippen molar-refractivity contribution in [3.05, 3.63) is 44.7 Å². The van der Waals surface area contributed by atoms with Gasteiger partial charge in [0.25, 0.3) is 0 Å². The second-order valence-electron chi connectivity index (χ2n) is 3.97. The molecule has 0 fully saturated rings. The Morgan fingerprint density at radius 1 is 1.38 bits per heavy atom. The Bertz CT molecular complexity index is 517. The molecule has 84 valence electrons. The highest BCUT2D eigenvalue weighted by molar-refractivity contribution is 14.1. The molecule has 2 rings (SSSR count). The average Bonchev–Trinajstić information content (AvgIpc) is 2.54. The minimum Gasteiger partial charge on any atom is -0.383 e. The van der Waals surface area contributed by atoms with Crippen LogP contribution in [0.4, 0.5) is 5.82 Å². The molecule has 4 heteroatoms. The quantitative estimate of drug-likeness (QED) is 0.862. The summed E-state index contributed by atoms with van der Waals surface area (Å²) in [5.74, 6) is 0.737. The number of benzene rings is 1. The number of nitrogens with two attached hydrogens (primary N) is 1. The van der Waals surface area contributed by atoms with E-state index in [4.69, 9.17) is 5.73 Å². The molecule has 0 aliphatic heterocycles. The fourth-order valence-corrected chi connectivity index (χ4v) is 2.09. The molecule has 0 unspecified atom stereocenters. The lowest BCUT2D eigenvalue weighted by molar-refractivity contribution is 0.694. The molecule has 2 aromatic rings. The Labute approximate surface area is 109 Å². The summed E-state index contributed by atoms with van der Waals surface area (Å²) in [7, 11) is 0. The van der Waals surface area contributed by atoms with E-state index in [2.05, 4.69) is 59.7 Å². The monoisotopic (exact) mass is 327 g/mol. The van der Waals surface area contributed by atoms with Crippen LogP contribution in [-0.2, 0) is 6.54 Å². The number of aryl methyl sites for hydroxylation is 2. The van der Waals surface area contributed by atoms with Gasteiger partial charge in [0, 0.05) is 0 Å². The Morgan fingerprint density at radius 3 is 2.69 bits per heavy atom. The molecule has 1 aromatic heterocycles. The molecule has 0 bridgehead atoms. The first-order chi connectivity index (χ1) is 7.58. The summed E-state index contributed by atoms with van der Waals surface area (Å²) in [4.78, 5) is 0. The molecule has 0 radical (unpaired) electrons. The highest BCUT2D eigenvalue weighted by Crippen LogP contribution is 2.17. The van der Waals surface area contributed by atoms with Crippen molar-refractivity contribution >= 4 is 28.4 Å². The third-order valence-corrected chi connectivity index (χ3v) is 3.48. The van der Waals surface area contributed by atoms with Gasteiger partial charge >= 0.3 is 0 Å². The first-order valence-corrected chi connectivity index (χ1v) is 6.18. The van der Waals surface area contributed by atoms with Crippen molar-refractivity contribution in [3.63, 3.8) is 0 Å². The van der Waals surface area contributed by atoms with Gasteiger partial charge in [-0.2, -0.15) is 5.10 Å². The fraction of sp³-hybridized carbons (Fsp3) is 0.250. The van der Waals surface area contributed by atoms with Gasteiger partial charge < -0.3 is 5.73 Å². The van der Waals surface area contributed by atoms with Crippen molar-refractivity contribution in [2.75, 3.05) is 5.73 Å². The zero-order valence-electron chi connectivity index (χ0n) is 9.37. The van der Waals surface area contributed by atoms with E-state index >= 15 is 0 Å². The summed E-state index contributed by atoms with van der Waals surface area (Å²) in [6.45, 7) is 4.95. The Balaban J connectivity index is 2.30. The van der Waals surface area contributed by atoms with Gasteiger partial charge in [0.15, 0.2) is 0 Å². The summed E-state index contributed by atoms with van der Waals surface area (Å²) in [6, 6.07) is 6.44. The second-order valence-corrected chi connectivity index (χ2v) is 5.13.